The van der Waals surface area contributed by atoms with E-state index in [1.54, 1.807) is 0 Å². The van der Waals surface area contributed by atoms with Gasteiger partial charge in [-0.25, -0.2) is 0 Å². The van der Waals surface area contributed by atoms with Gasteiger partial charge in [-0.2, -0.15) is 0 Å². The van der Waals surface area contributed by atoms with Gasteiger partial charge in [0.25, 0.3) is 0 Å². The van der Waals surface area contributed by atoms with Crippen molar-refractivity contribution in [2.45, 2.75) is 25.4 Å². The second kappa shape index (κ2) is 8.19. The highest BCUT2D eigenvalue weighted by Gasteiger charge is 2.13. The topological polar surface area (TPSA) is 59.8 Å². The van der Waals surface area contributed by atoms with E-state index in [2.05, 4.69) is 29.4 Å². The van der Waals surface area contributed by atoms with Gasteiger partial charge in [0.05, 0.1) is 5.75 Å². The maximum absolute atomic E-state index is 12.2. The van der Waals surface area contributed by atoms with Crippen LogP contribution in [-0.2, 0) is 18.3 Å². The number of amides is 1. The molecule has 1 heterocycles. The highest BCUT2D eigenvalue weighted by Crippen LogP contribution is 2.23. The number of aromatic nitrogens is 3. The summed E-state index contributed by atoms with van der Waals surface area (Å²) in [6.45, 7) is 4.16. The van der Waals surface area contributed by atoms with Crippen LogP contribution in [-0.4, -0.2) is 26.4 Å². The second-order valence-electron chi connectivity index (χ2n) is 6.12. The summed E-state index contributed by atoms with van der Waals surface area (Å²) in [7, 11) is 1.92. The molecule has 1 N–H and O–H groups in total. The summed E-state index contributed by atoms with van der Waals surface area (Å²) in [5.41, 5.74) is 4.28. The highest BCUT2D eigenvalue weighted by molar-refractivity contribution is 7.99. The fraction of sp³-hybridized carbons (Fsp3) is 0.250. The fourth-order valence-electron chi connectivity index (χ4n) is 2.55. The van der Waals surface area contributed by atoms with Crippen molar-refractivity contribution in [2.75, 3.05) is 11.1 Å². The fourth-order valence-corrected chi connectivity index (χ4v) is 3.26. The van der Waals surface area contributed by atoms with E-state index >= 15 is 0 Å². The number of carbonyl (C=O) groups is 1. The summed E-state index contributed by atoms with van der Waals surface area (Å²) < 4.78 is 1.92. The molecule has 3 aromatic rings. The molecule has 0 aliphatic rings. The number of rotatable bonds is 6. The molecule has 6 heteroatoms. The lowest BCUT2D eigenvalue weighted by molar-refractivity contribution is -0.113. The molecule has 3 rings (SSSR count). The number of nitrogens with one attached hydrogen (secondary N) is 1. The zero-order valence-corrected chi connectivity index (χ0v) is 16.0. The Hall–Kier alpha value is -2.60. The molecule has 0 atom stereocenters. The number of aryl methyl sites for hydroxylation is 2. The standard InChI is InChI=1S/C20H22N4OS/c1-4-15-7-11-17(12-8-15)21-18(25)13-26-20-23-22-19(24(20)3)16-9-5-14(2)6-10-16/h5-12H,4,13H2,1-3H3,(H,21,25). The SMILES string of the molecule is CCc1ccc(NC(=O)CSc2nnc(-c3ccc(C)cc3)n2C)cc1. The molecule has 5 nitrogen and oxygen atoms in total. The lowest BCUT2D eigenvalue weighted by atomic mass is 10.1. The van der Waals surface area contributed by atoms with E-state index in [4.69, 9.17) is 0 Å². The third-order valence-electron chi connectivity index (χ3n) is 4.12. The molecule has 2 aromatic carbocycles. The first-order chi connectivity index (χ1) is 12.6. The van der Waals surface area contributed by atoms with Crippen LogP contribution in [0.4, 0.5) is 5.69 Å². The first-order valence-electron chi connectivity index (χ1n) is 8.55. The Morgan fingerprint density at radius 1 is 1.08 bits per heavy atom. The first-order valence-corrected chi connectivity index (χ1v) is 9.53. The van der Waals surface area contributed by atoms with Gasteiger partial charge in [-0.1, -0.05) is 60.6 Å². The van der Waals surface area contributed by atoms with Crippen molar-refractivity contribution < 1.29 is 4.79 Å². The highest BCUT2D eigenvalue weighted by atomic mass is 32.2. The molecule has 0 saturated heterocycles. The monoisotopic (exact) mass is 366 g/mol. The van der Waals surface area contributed by atoms with Crippen LogP contribution in [0.15, 0.2) is 53.7 Å². The van der Waals surface area contributed by atoms with Gasteiger partial charge in [0.2, 0.25) is 5.91 Å². The van der Waals surface area contributed by atoms with Crippen molar-refractivity contribution in [1.82, 2.24) is 14.8 Å². The van der Waals surface area contributed by atoms with Gasteiger partial charge in [-0.15, -0.1) is 10.2 Å². The molecule has 0 aliphatic carbocycles. The van der Waals surface area contributed by atoms with Crippen LogP contribution in [0, 0.1) is 6.92 Å². The van der Waals surface area contributed by atoms with E-state index in [1.165, 1.54) is 22.9 Å². The second-order valence-corrected chi connectivity index (χ2v) is 7.06. The van der Waals surface area contributed by atoms with Crippen molar-refractivity contribution in [1.29, 1.82) is 0 Å². The minimum Gasteiger partial charge on any atom is -0.325 e. The Morgan fingerprint density at radius 3 is 2.42 bits per heavy atom. The maximum atomic E-state index is 12.2. The summed E-state index contributed by atoms with van der Waals surface area (Å²) in [4.78, 5) is 12.2. The zero-order valence-electron chi connectivity index (χ0n) is 15.2. The molecule has 0 bridgehead atoms. The molecule has 0 unspecified atom stereocenters. The predicted molar refractivity (Wildman–Crippen MR) is 106 cm³/mol. The summed E-state index contributed by atoms with van der Waals surface area (Å²) in [5, 5.41) is 12.1. The van der Waals surface area contributed by atoms with E-state index in [0.29, 0.717) is 0 Å². The van der Waals surface area contributed by atoms with Crippen molar-refractivity contribution in [3.05, 3.63) is 59.7 Å². The number of anilines is 1. The smallest absolute Gasteiger partial charge is 0.234 e. The van der Waals surface area contributed by atoms with E-state index in [0.717, 1.165) is 28.7 Å². The van der Waals surface area contributed by atoms with Gasteiger partial charge in [-0.05, 0) is 31.0 Å². The molecular formula is C20H22N4OS. The van der Waals surface area contributed by atoms with Gasteiger partial charge >= 0.3 is 0 Å². The van der Waals surface area contributed by atoms with Crippen LogP contribution in [0.2, 0.25) is 0 Å². The summed E-state index contributed by atoms with van der Waals surface area (Å²) in [6, 6.07) is 16.1. The van der Waals surface area contributed by atoms with Crippen molar-refractivity contribution in [3.63, 3.8) is 0 Å². The Balaban J connectivity index is 1.60. The average Bonchev–Trinajstić information content (AvgIpc) is 3.02. The van der Waals surface area contributed by atoms with E-state index in [1.807, 2.05) is 60.1 Å². The van der Waals surface area contributed by atoms with Gasteiger partial charge in [0, 0.05) is 18.3 Å². The number of carbonyl (C=O) groups excluding carboxylic acids is 1. The predicted octanol–water partition coefficient (Wildman–Crippen LogP) is 4.08. The Kier molecular flexibility index (Phi) is 5.73. The average molecular weight is 366 g/mol. The van der Waals surface area contributed by atoms with Crippen LogP contribution in [0.25, 0.3) is 11.4 Å². The number of nitrogens with zero attached hydrogens (tertiary/aromatic N) is 3. The third-order valence-corrected chi connectivity index (χ3v) is 5.14. The summed E-state index contributed by atoms with van der Waals surface area (Å²) in [5.74, 6) is 1.03. The molecule has 0 fully saturated rings. The molecule has 0 aliphatic heterocycles. The van der Waals surface area contributed by atoms with Crippen molar-refractivity contribution in [3.8, 4) is 11.4 Å². The molecule has 0 spiro atoms. The number of benzene rings is 2. The lowest BCUT2D eigenvalue weighted by Gasteiger charge is -2.06. The first kappa shape index (κ1) is 18.2. The van der Waals surface area contributed by atoms with E-state index in [-0.39, 0.29) is 11.7 Å². The normalized spacial score (nSPS) is 10.7. The molecule has 26 heavy (non-hydrogen) atoms. The largest absolute Gasteiger partial charge is 0.325 e. The van der Waals surface area contributed by atoms with Gasteiger partial charge in [0.1, 0.15) is 0 Å². The molecule has 134 valence electrons. The maximum Gasteiger partial charge on any atom is 0.234 e. The molecule has 1 amide bonds. The van der Waals surface area contributed by atoms with Crippen LogP contribution in [0.5, 0.6) is 0 Å². The summed E-state index contributed by atoms with van der Waals surface area (Å²) >= 11 is 1.38. The lowest BCUT2D eigenvalue weighted by Crippen LogP contribution is -2.14. The quantitative estimate of drug-likeness (QED) is 0.668. The Morgan fingerprint density at radius 2 is 1.77 bits per heavy atom. The molecule has 1 aromatic heterocycles. The zero-order chi connectivity index (χ0) is 18.5. The minimum atomic E-state index is -0.0564. The van der Waals surface area contributed by atoms with Crippen LogP contribution < -0.4 is 5.32 Å². The van der Waals surface area contributed by atoms with Crippen molar-refractivity contribution in [2.24, 2.45) is 7.05 Å². The molecular weight excluding hydrogens is 344 g/mol. The molecule has 0 saturated carbocycles. The van der Waals surface area contributed by atoms with Crippen LogP contribution >= 0.6 is 11.8 Å². The summed E-state index contributed by atoms with van der Waals surface area (Å²) in [6.07, 6.45) is 0.986. The minimum absolute atomic E-state index is 0.0564. The van der Waals surface area contributed by atoms with Crippen LogP contribution in [0.1, 0.15) is 18.1 Å². The third kappa shape index (κ3) is 4.32. The van der Waals surface area contributed by atoms with Gasteiger partial charge in [-0.3, -0.25) is 4.79 Å². The van der Waals surface area contributed by atoms with E-state index < -0.39 is 0 Å². The van der Waals surface area contributed by atoms with Crippen molar-refractivity contribution >= 4 is 23.4 Å². The number of thioether (sulfide) groups is 1. The Labute approximate surface area is 157 Å². The van der Waals surface area contributed by atoms with Gasteiger partial charge in [0.15, 0.2) is 11.0 Å². The van der Waals surface area contributed by atoms with Gasteiger partial charge < -0.3 is 9.88 Å². The number of hydrogen-bond donors (Lipinski definition) is 1. The Bertz CT molecular complexity index is 885. The molecule has 0 radical (unpaired) electrons. The number of hydrogen-bond acceptors (Lipinski definition) is 4. The van der Waals surface area contributed by atoms with E-state index in [9.17, 15) is 4.79 Å². The van der Waals surface area contributed by atoms with Crippen LogP contribution in [0.3, 0.4) is 0 Å².